The largest absolute Gasteiger partial charge is 0.394 e. The maximum absolute atomic E-state index is 13.3. The van der Waals surface area contributed by atoms with E-state index in [0.29, 0.717) is 6.42 Å². The van der Waals surface area contributed by atoms with Crippen molar-refractivity contribution >= 4 is 5.91 Å². The molecule has 0 radical (unpaired) electrons. The van der Waals surface area contributed by atoms with Crippen LogP contribution in [0.25, 0.3) is 0 Å². The summed E-state index contributed by atoms with van der Waals surface area (Å²) in [5.41, 5.74) is 0. The molecule has 3 aliphatic rings. The normalized spacial score (nSPS) is 28.1. The Morgan fingerprint density at radius 2 is 0.725 bits per heavy atom. The first kappa shape index (κ1) is 83.0. The lowest BCUT2D eigenvalue weighted by atomic mass is 9.96. The Morgan fingerprint density at radius 3 is 1.13 bits per heavy atom. The van der Waals surface area contributed by atoms with Crippen LogP contribution in [0.5, 0.6) is 0 Å². The molecule has 3 aliphatic heterocycles. The summed E-state index contributed by atoms with van der Waals surface area (Å²) in [4.78, 5) is 13.3. The number of ether oxygens (including phenoxy) is 6. The summed E-state index contributed by atoms with van der Waals surface area (Å²) >= 11 is 0. The van der Waals surface area contributed by atoms with E-state index in [-0.39, 0.29) is 18.9 Å². The average molecular weight is 1300 g/mol. The van der Waals surface area contributed by atoms with Gasteiger partial charge in [-0.25, -0.2) is 0 Å². The van der Waals surface area contributed by atoms with Gasteiger partial charge in [0.05, 0.1) is 38.6 Å². The Kier molecular flexibility index (Phi) is 49.1. The van der Waals surface area contributed by atoms with Gasteiger partial charge in [0.25, 0.3) is 0 Å². The molecule has 19 heteroatoms. The van der Waals surface area contributed by atoms with Crippen molar-refractivity contribution in [2.24, 2.45) is 0 Å². The van der Waals surface area contributed by atoms with Gasteiger partial charge in [0.15, 0.2) is 18.9 Å². The van der Waals surface area contributed by atoms with Crippen molar-refractivity contribution in [3.05, 3.63) is 48.6 Å². The quantitative estimate of drug-likeness (QED) is 0.0199. The van der Waals surface area contributed by atoms with E-state index in [0.717, 1.165) is 70.6 Å². The first-order chi connectivity index (χ1) is 44.3. The third kappa shape index (κ3) is 35.5. The summed E-state index contributed by atoms with van der Waals surface area (Å²) in [6.07, 6.45) is 39.0. The molecule has 532 valence electrons. The zero-order valence-corrected chi connectivity index (χ0v) is 56.3. The summed E-state index contributed by atoms with van der Waals surface area (Å²) in [6, 6.07) is -0.969. The molecule has 3 saturated heterocycles. The predicted octanol–water partition coefficient (Wildman–Crippen LogP) is 10.2. The van der Waals surface area contributed by atoms with Crippen molar-refractivity contribution in [2.45, 2.75) is 375 Å². The topological polar surface area (TPSA) is 307 Å². The molecule has 0 saturated carbocycles. The first-order valence-electron chi connectivity index (χ1n) is 36.4. The molecule has 3 fully saturated rings. The fourth-order valence-corrected chi connectivity index (χ4v) is 12.2. The van der Waals surface area contributed by atoms with Gasteiger partial charge in [-0.1, -0.05) is 255 Å². The van der Waals surface area contributed by atoms with Crippen LogP contribution in [0.15, 0.2) is 48.6 Å². The van der Waals surface area contributed by atoms with Crippen molar-refractivity contribution in [1.29, 1.82) is 0 Å². The molecule has 0 aromatic rings. The van der Waals surface area contributed by atoms with E-state index >= 15 is 0 Å². The number of carbonyl (C=O) groups is 1. The van der Waals surface area contributed by atoms with Crippen LogP contribution in [-0.2, 0) is 33.2 Å². The Hall–Kier alpha value is -2.25. The number of hydrogen-bond acceptors (Lipinski definition) is 18. The molecule has 17 unspecified atom stereocenters. The number of amides is 1. The number of unbranched alkanes of at least 4 members (excludes halogenated alkanes) is 34. The summed E-state index contributed by atoms with van der Waals surface area (Å²) < 4.78 is 34.2. The van der Waals surface area contributed by atoms with Crippen molar-refractivity contribution in [3.63, 3.8) is 0 Å². The SMILES string of the molecule is CCCCCCC/C=C\C/C=C\C/C=C\CCCCCCCCCCCCCCCCCCCCCCCCCCC(=O)NC(COC1OC(CO)C(OC2OC(CO)C(OC3OC(CO)C(O)C(O)C3O)C(O)C2O)C(O)C1O)C(O)/C=C/CCCCCCC. The van der Waals surface area contributed by atoms with Crippen molar-refractivity contribution in [3.8, 4) is 0 Å². The van der Waals surface area contributed by atoms with Gasteiger partial charge in [-0.05, 0) is 57.8 Å². The lowest BCUT2D eigenvalue weighted by Crippen LogP contribution is -2.66. The lowest BCUT2D eigenvalue weighted by molar-refractivity contribution is -0.379. The van der Waals surface area contributed by atoms with Crippen molar-refractivity contribution < 1.29 is 89.4 Å². The average Bonchev–Trinajstić information content (AvgIpc) is 1.40. The minimum atomic E-state index is -1.98. The number of hydrogen-bond donors (Lipinski definition) is 12. The van der Waals surface area contributed by atoms with E-state index in [4.69, 9.17) is 28.4 Å². The van der Waals surface area contributed by atoms with Crippen LogP contribution in [0, 0.1) is 0 Å². The summed E-state index contributed by atoms with van der Waals surface area (Å²) in [5, 5.41) is 120. The minimum absolute atomic E-state index is 0.245. The van der Waals surface area contributed by atoms with Crippen molar-refractivity contribution in [2.75, 3.05) is 26.4 Å². The number of aliphatic hydroxyl groups is 11. The van der Waals surface area contributed by atoms with Gasteiger partial charge in [0, 0.05) is 6.42 Å². The zero-order chi connectivity index (χ0) is 66.1. The third-order valence-corrected chi connectivity index (χ3v) is 18.1. The molecule has 0 aromatic heterocycles. The Labute approximate surface area is 548 Å². The molecule has 0 aromatic carbocycles. The predicted molar refractivity (Wildman–Crippen MR) is 356 cm³/mol. The van der Waals surface area contributed by atoms with E-state index in [1.165, 1.54) is 173 Å². The smallest absolute Gasteiger partial charge is 0.220 e. The lowest BCUT2D eigenvalue weighted by Gasteiger charge is -2.48. The van der Waals surface area contributed by atoms with E-state index in [1.54, 1.807) is 6.08 Å². The first-order valence-corrected chi connectivity index (χ1v) is 36.4. The summed E-state index contributed by atoms with van der Waals surface area (Å²) in [5.74, 6) is -0.277. The Bertz CT molecular complexity index is 1840. The molecular weight excluding hydrogens is 1170 g/mol. The number of rotatable bonds is 56. The van der Waals surface area contributed by atoms with Gasteiger partial charge in [0.2, 0.25) is 5.91 Å². The van der Waals surface area contributed by atoms with Crippen LogP contribution in [-0.4, -0.2) is 193 Å². The monoisotopic (exact) mass is 1300 g/mol. The standard InChI is InChI=1S/C72H131NO18/c1-3-5-7-9-11-12-13-14-15-16-17-18-19-20-21-22-23-24-25-26-27-28-29-30-31-32-33-34-35-36-37-38-39-40-41-42-44-46-48-50-60(78)73-55(56(77)49-47-45-43-10-8-6-4-2)54-86-70-66(84)63(81)68(58(52-75)88-70)91-72-67(85)64(82)69(59(53-76)89-72)90-71-65(83)62(80)61(79)57(51-74)87-71/h13-14,16-17,19-20,47,49,55-59,61-72,74-77,79-85H,3-12,15,18,21-46,48,50-54H2,1-2H3,(H,73,78)/b14-13-,17-16-,20-19-,49-47+. The van der Waals surface area contributed by atoms with E-state index in [1.807, 2.05) is 6.08 Å². The zero-order valence-electron chi connectivity index (χ0n) is 56.3. The van der Waals surface area contributed by atoms with Gasteiger partial charge in [-0.3, -0.25) is 4.79 Å². The fraction of sp³-hybridized carbons (Fsp3) is 0.875. The Balaban J connectivity index is 1.24. The van der Waals surface area contributed by atoms with Gasteiger partial charge in [-0.15, -0.1) is 0 Å². The summed E-state index contributed by atoms with van der Waals surface area (Å²) in [6.45, 7) is 1.65. The molecule has 0 aliphatic carbocycles. The number of nitrogens with one attached hydrogen (secondary N) is 1. The maximum Gasteiger partial charge on any atom is 0.220 e. The summed E-state index contributed by atoms with van der Waals surface area (Å²) in [7, 11) is 0. The molecule has 1 amide bonds. The molecule has 0 spiro atoms. The third-order valence-electron chi connectivity index (χ3n) is 18.1. The van der Waals surface area contributed by atoms with Crippen LogP contribution in [0.4, 0.5) is 0 Å². The highest BCUT2D eigenvalue weighted by atomic mass is 16.8. The molecule has 91 heavy (non-hydrogen) atoms. The molecular formula is C72H131NO18. The second-order valence-corrected chi connectivity index (χ2v) is 26.1. The van der Waals surface area contributed by atoms with Crippen molar-refractivity contribution in [1.82, 2.24) is 5.32 Å². The number of carbonyl (C=O) groups excluding carboxylic acids is 1. The molecule has 17 atom stereocenters. The number of aliphatic hydroxyl groups excluding tert-OH is 11. The molecule has 3 rings (SSSR count). The maximum atomic E-state index is 13.3. The molecule has 3 heterocycles. The second-order valence-electron chi connectivity index (χ2n) is 26.1. The van der Waals surface area contributed by atoms with E-state index < -0.39 is 124 Å². The van der Waals surface area contributed by atoms with Crippen LogP contribution in [0.2, 0.25) is 0 Å². The number of allylic oxidation sites excluding steroid dienone is 7. The van der Waals surface area contributed by atoms with Crippen LogP contribution < -0.4 is 5.32 Å². The van der Waals surface area contributed by atoms with Crippen LogP contribution in [0.3, 0.4) is 0 Å². The fourth-order valence-electron chi connectivity index (χ4n) is 12.2. The highest BCUT2D eigenvalue weighted by Gasteiger charge is 2.53. The van der Waals surface area contributed by atoms with Crippen LogP contribution in [0.1, 0.15) is 271 Å². The Morgan fingerprint density at radius 1 is 0.396 bits per heavy atom. The minimum Gasteiger partial charge on any atom is -0.394 e. The molecule has 0 bridgehead atoms. The highest BCUT2D eigenvalue weighted by Crippen LogP contribution is 2.33. The van der Waals surface area contributed by atoms with Gasteiger partial charge >= 0.3 is 0 Å². The van der Waals surface area contributed by atoms with Gasteiger partial charge in [-0.2, -0.15) is 0 Å². The van der Waals surface area contributed by atoms with E-state index in [2.05, 4.69) is 55.6 Å². The van der Waals surface area contributed by atoms with Gasteiger partial charge < -0.3 is 89.9 Å². The molecule has 12 N–H and O–H groups in total. The second kappa shape index (κ2) is 53.8. The van der Waals surface area contributed by atoms with E-state index in [9.17, 15) is 61.0 Å². The van der Waals surface area contributed by atoms with Gasteiger partial charge in [0.1, 0.15) is 73.2 Å². The van der Waals surface area contributed by atoms with Crippen LogP contribution >= 0.6 is 0 Å². The highest BCUT2D eigenvalue weighted by molar-refractivity contribution is 5.76. The molecule has 19 nitrogen and oxygen atoms in total.